The van der Waals surface area contributed by atoms with Crippen molar-refractivity contribution in [2.45, 2.75) is 13.3 Å². The Morgan fingerprint density at radius 1 is 1.26 bits per heavy atom. The van der Waals surface area contributed by atoms with Gasteiger partial charge >= 0.3 is 0 Å². The van der Waals surface area contributed by atoms with Gasteiger partial charge in [-0.25, -0.2) is 8.78 Å². The van der Waals surface area contributed by atoms with Crippen molar-refractivity contribution in [2.75, 3.05) is 18.8 Å². The van der Waals surface area contributed by atoms with Crippen LogP contribution in [0.1, 0.15) is 23.7 Å². The first-order valence-corrected chi connectivity index (χ1v) is 5.75. The molecule has 0 aromatic heterocycles. The molecule has 1 aromatic rings. The van der Waals surface area contributed by atoms with Gasteiger partial charge in [-0.05, 0) is 19.1 Å². The zero-order chi connectivity index (χ0) is 14.4. The summed E-state index contributed by atoms with van der Waals surface area (Å²) in [4.78, 5) is 22.7. The molecule has 1 rings (SSSR count). The maximum absolute atomic E-state index is 13.5. The van der Waals surface area contributed by atoms with Gasteiger partial charge in [0.1, 0.15) is 11.4 Å². The Labute approximate surface area is 109 Å². The number of amides is 2. The first-order valence-electron chi connectivity index (χ1n) is 5.75. The Morgan fingerprint density at radius 2 is 1.95 bits per heavy atom. The highest BCUT2D eigenvalue weighted by molar-refractivity contribution is 5.95. The van der Waals surface area contributed by atoms with Gasteiger partial charge in [0.15, 0.2) is 5.82 Å². The zero-order valence-electron chi connectivity index (χ0n) is 10.4. The van der Waals surface area contributed by atoms with Crippen LogP contribution in [-0.4, -0.2) is 24.9 Å². The molecule has 1 aromatic carbocycles. The summed E-state index contributed by atoms with van der Waals surface area (Å²) in [5.74, 6) is -3.29. The minimum atomic E-state index is -1.10. The van der Waals surface area contributed by atoms with E-state index in [1.54, 1.807) is 6.92 Å². The van der Waals surface area contributed by atoms with Crippen LogP contribution in [0.25, 0.3) is 0 Å². The number of anilines is 1. The van der Waals surface area contributed by atoms with E-state index in [1.165, 1.54) is 0 Å². The van der Waals surface area contributed by atoms with Crippen LogP contribution in [0, 0.1) is 11.6 Å². The van der Waals surface area contributed by atoms with Gasteiger partial charge in [-0.2, -0.15) is 0 Å². The number of benzene rings is 1. The molecule has 0 atom stereocenters. The fraction of sp³-hybridized carbons (Fsp3) is 0.333. The van der Waals surface area contributed by atoms with Crippen LogP contribution >= 0.6 is 0 Å². The summed E-state index contributed by atoms with van der Waals surface area (Å²) in [6, 6.07) is 1.95. The summed E-state index contributed by atoms with van der Waals surface area (Å²) < 4.78 is 26.9. The van der Waals surface area contributed by atoms with E-state index < -0.39 is 23.1 Å². The highest BCUT2D eigenvalue weighted by Crippen LogP contribution is 2.18. The molecule has 0 unspecified atom stereocenters. The molecule has 0 radical (unpaired) electrons. The fourth-order valence-corrected chi connectivity index (χ4v) is 1.44. The van der Waals surface area contributed by atoms with Gasteiger partial charge in [-0.1, -0.05) is 0 Å². The molecular weight excluding hydrogens is 256 g/mol. The van der Waals surface area contributed by atoms with Crippen molar-refractivity contribution >= 4 is 17.5 Å². The van der Waals surface area contributed by atoms with Crippen LogP contribution in [0.5, 0.6) is 0 Å². The third-order valence-electron chi connectivity index (χ3n) is 2.36. The number of nitrogens with two attached hydrogens (primary N) is 1. The van der Waals surface area contributed by atoms with Crippen molar-refractivity contribution < 1.29 is 18.4 Å². The third kappa shape index (κ3) is 3.90. The lowest BCUT2D eigenvalue weighted by atomic mass is 10.1. The van der Waals surface area contributed by atoms with Gasteiger partial charge < -0.3 is 16.4 Å². The average molecular weight is 271 g/mol. The molecule has 0 aliphatic heterocycles. The van der Waals surface area contributed by atoms with Crippen LogP contribution < -0.4 is 16.4 Å². The number of nitrogen functional groups attached to an aromatic ring is 1. The Bertz CT molecular complexity index is 492. The zero-order valence-corrected chi connectivity index (χ0v) is 10.4. The predicted octanol–water partition coefficient (Wildman–Crippen LogP) is 0.803. The topological polar surface area (TPSA) is 84.2 Å². The number of hydrogen-bond donors (Lipinski definition) is 3. The molecular formula is C12H15F2N3O2. The van der Waals surface area contributed by atoms with Gasteiger partial charge in [0.05, 0.1) is 5.69 Å². The quantitative estimate of drug-likeness (QED) is 0.693. The van der Waals surface area contributed by atoms with Crippen LogP contribution in [0.2, 0.25) is 0 Å². The molecule has 5 nitrogen and oxygen atoms in total. The number of hydrogen-bond acceptors (Lipinski definition) is 3. The van der Waals surface area contributed by atoms with E-state index >= 15 is 0 Å². The number of carbonyl (C=O) groups is 2. The summed E-state index contributed by atoms with van der Waals surface area (Å²) in [6.45, 7) is 2.22. The van der Waals surface area contributed by atoms with E-state index in [0.29, 0.717) is 6.54 Å². The number of nitrogens with one attached hydrogen (secondary N) is 2. The summed E-state index contributed by atoms with van der Waals surface area (Å²) in [6.07, 6.45) is 0.0329. The van der Waals surface area contributed by atoms with Crippen molar-refractivity contribution in [1.82, 2.24) is 10.6 Å². The first-order chi connectivity index (χ1) is 8.97. The molecule has 0 saturated carbocycles. The molecule has 104 valence electrons. The molecule has 0 heterocycles. The largest absolute Gasteiger partial charge is 0.396 e. The Hall–Kier alpha value is -2.18. The Morgan fingerprint density at radius 3 is 2.58 bits per heavy atom. The highest BCUT2D eigenvalue weighted by atomic mass is 19.1. The Kier molecular flexibility index (Phi) is 5.23. The SMILES string of the molecule is CCNC(=O)CCNC(=O)c1c(F)ccc(N)c1F. The fourth-order valence-electron chi connectivity index (χ4n) is 1.44. The second-order valence-electron chi connectivity index (χ2n) is 3.79. The maximum Gasteiger partial charge on any atom is 0.257 e. The number of halogens is 2. The van der Waals surface area contributed by atoms with Crippen molar-refractivity contribution in [1.29, 1.82) is 0 Å². The van der Waals surface area contributed by atoms with Gasteiger partial charge in [0, 0.05) is 19.5 Å². The van der Waals surface area contributed by atoms with Crippen LogP contribution in [0.15, 0.2) is 12.1 Å². The standard InChI is InChI=1S/C12H15F2N3O2/c1-2-16-9(18)5-6-17-12(19)10-7(13)3-4-8(15)11(10)14/h3-4H,2,5-6,15H2,1H3,(H,16,18)(H,17,19). The summed E-state index contributed by atoms with van der Waals surface area (Å²) in [5.41, 5.74) is 4.21. The molecule has 0 aliphatic carbocycles. The number of rotatable bonds is 5. The molecule has 19 heavy (non-hydrogen) atoms. The smallest absolute Gasteiger partial charge is 0.257 e. The third-order valence-corrected chi connectivity index (χ3v) is 2.36. The molecule has 0 fully saturated rings. The normalized spacial score (nSPS) is 10.1. The van der Waals surface area contributed by atoms with Crippen molar-refractivity contribution in [3.63, 3.8) is 0 Å². The van der Waals surface area contributed by atoms with E-state index in [4.69, 9.17) is 5.73 Å². The minimum Gasteiger partial charge on any atom is -0.396 e. The van der Waals surface area contributed by atoms with Crippen molar-refractivity contribution in [3.8, 4) is 0 Å². The van der Waals surface area contributed by atoms with Crippen LogP contribution in [0.3, 0.4) is 0 Å². The Balaban J connectivity index is 2.64. The maximum atomic E-state index is 13.5. The lowest BCUT2D eigenvalue weighted by Crippen LogP contribution is -2.31. The van der Waals surface area contributed by atoms with Crippen molar-refractivity contribution in [3.05, 3.63) is 29.3 Å². The average Bonchev–Trinajstić information content (AvgIpc) is 2.35. The molecule has 2 amide bonds. The van der Waals surface area contributed by atoms with Gasteiger partial charge in [-0.15, -0.1) is 0 Å². The molecule has 7 heteroatoms. The van der Waals surface area contributed by atoms with Gasteiger partial charge in [0.25, 0.3) is 5.91 Å². The van der Waals surface area contributed by atoms with Gasteiger partial charge in [-0.3, -0.25) is 9.59 Å². The predicted molar refractivity (Wildman–Crippen MR) is 66.4 cm³/mol. The first kappa shape index (κ1) is 14.9. The van der Waals surface area contributed by atoms with E-state index in [2.05, 4.69) is 10.6 Å². The summed E-state index contributed by atoms with van der Waals surface area (Å²) >= 11 is 0. The summed E-state index contributed by atoms with van der Waals surface area (Å²) in [5, 5.41) is 4.79. The molecule has 0 aliphatic rings. The lowest BCUT2D eigenvalue weighted by Gasteiger charge is -2.08. The molecule has 0 saturated heterocycles. The summed E-state index contributed by atoms with van der Waals surface area (Å²) in [7, 11) is 0. The molecule has 0 spiro atoms. The van der Waals surface area contributed by atoms with Crippen molar-refractivity contribution in [2.24, 2.45) is 0 Å². The van der Waals surface area contributed by atoms with E-state index in [-0.39, 0.29) is 24.6 Å². The molecule has 0 bridgehead atoms. The highest BCUT2D eigenvalue weighted by Gasteiger charge is 2.19. The van der Waals surface area contributed by atoms with E-state index in [0.717, 1.165) is 12.1 Å². The monoisotopic (exact) mass is 271 g/mol. The minimum absolute atomic E-state index is 0.0155. The number of carbonyl (C=O) groups excluding carboxylic acids is 2. The second kappa shape index (κ2) is 6.67. The van der Waals surface area contributed by atoms with Crippen LogP contribution in [0.4, 0.5) is 14.5 Å². The molecule has 4 N–H and O–H groups in total. The van der Waals surface area contributed by atoms with E-state index in [1.807, 2.05) is 0 Å². The van der Waals surface area contributed by atoms with E-state index in [9.17, 15) is 18.4 Å². The van der Waals surface area contributed by atoms with Crippen LogP contribution in [-0.2, 0) is 4.79 Å². The van der Waals surface area contributed by atoms with Gasteiger partial charge in [0.2, 0.25) is 5.91 Å². The lowest BCUT2D eigenvalue weighted by molar-refractivity contribution is -0.120. The second-order valence-corrected chi connectivity index (χ2v) is 3.79.